The number of nitrogens with zero attached hydrogens (tertiary/aromatic N) is 2. The third-order valence-electron chi connectivity index (χ3n) is 2.84. The second-order valence-corrected chi connectivity index (χ2v) is 4.09. The van der Waals surface area contributed by atoms with Gasteiger partial charge in [0, 0.05) is 11.8 Å². The summed E-state index contributed by atoms with van der Waals surface area (Å²) in [6, 6.07) is 5.31. The average molecular weight is 258 g/mol. The van der Waals surface area contributed by atoms with Crippen molar-refractivity contribution >= 4 is 5.97 Å². The Hall–Kier alpha value is -2.63. The van der Waals surface area contributed by atoms with E-state index >= 15 is 0 Å². The van der Waals surface area contributed by atoms with E-state index in [0.717, 1.165) is 11.1 Å². The molecule has 0 unspecified atom stereocenters. The number of carboxylic acids is 1. The van der Waals surface area contributed by atoms with Gasteiger partial charge in [0.1, 0.15) is 0 Å². The second kappa shape index (κ2) is 4.24. The van der Waals surface area contributed by atoms with E-state index in [0.29, 0.717) is 17.2 Å². The third-order valence-corrected chi connectivity index (χ3v) is 2.84. The highest BCUT2D eigenvalue weighted by atomic mass is 16.7. The van der Waals surface area contributed by atoms with E-state index < -0.39 is 5.97 Å². The lowest BCUT2D eigenvalue weighted by Gasteiger charge is -2.07. The number of carboxylic acid groups (broad SMARTS) is 1. The van der Waals surface area contributed by atoms with E-state index in [1.165, 1.54) is 6.20 Å². The first kappa shape index (κ1) is 11.5. The van der Waals surface area contributed by atoms with Crippen molar-refractivity contribution in [3.05, 3.63) is 35.8 Å². The quantitative estimate of drug-likeness (QED) is 0.885. The maximum Gasteiger partial charge on any atom is 0.373 e. The van der Waals surface area contributed by atoms with Crippen LogP contribution in [0.4, 0.5) is 0 Å². The van der Waals surface area contributed by atoms with Crippen molar-refractivity contribution in [2.75, 3.05) is 6.79 Å². The van der Waals surface area contributed by atoms with Crippen molar-refractivity contribution in [2.45, 2.75) is 6.92 Å². The van der Waals surface area contributed by atoms with Crippen molar-refractivity contribution in [1.82, 2.24) is 9.97 Å². The first-order valence-corrected chi connectivity index (χ1v) is 5.62. The van der Waals surface area contributed by atoms with Gasteiger partial charge < -0.3 is 14.6 Å². The summed E-state index contributed by atoms with van der Waals surface area (Å²) in [6.07, 6.45) is 1.43. The van der Waals surface area contributed by atoms with Gasteiger partial charge in [-0.25, -0.2) is 14.8 Å². The van der Waals surface area contributed by atoms with Crippen LogP contribution in [-0.4, -0.2) is 27.8 Å². The summed E-state index contributed by atoms with van der Waals surface area (Å²) in [5.74, 6) is -0.0559. The minimum atomic E-state index is -1.15. The standard InChI is InChI=1S/C13H10N2O4/c1-7-4-10-11(19-6-18-10)5-8(7)9-2-3-14-12(15-9)13(16)17/h2-5H,6H2,1H3,(H,16,17). The molecule has 0 radical (unpaired) electrons. The van der Waals surface area contributed by atoms with Crippen molar-refractivity contribution in [3.8, 4) is 22.8 Å². The zero-order chi connectivity index (χ0) is 13.4. The van der Waals surface area contributed by atoms with Crippen molar-refractivity contribution in [2.24, 2.45) is 0 Å². The average Bonchev–Trinajstić information content (AvgIpc) is 2.85. The van der Waals surface area contributed by atoms with Gasteiger partial charge in [-0.3, -0.25) is 0 Å². The number of hydrogen-bond acceptors (Lipinski definition) is 5. The van der Waals surface area contributed by atoms with Gasteiger partial charge >= 0.3 is 5.97 Å². The molecule has 96 valence electrons. The fraction of sp³-hybridized carbons (Fsp3) is 0.154. The van der Waals surface area contributed by atoms with Crippen LogP contribution in [0.15, 0.2) is 24.4 Å². The van der Waals surface area contributed by atoms with Crippen LogP contribution in [0.2, 0.25) is 0 Å². The number of aromatic carboxylic acids is 1. The van der Waals surface area contributed by atoms with Gasteiger partial charge in [-0.1, -0.05) is 0 Å². The molecule has 0 fully saturated rings. The summed E-state index contributed by atoms with van der Waals surface area (Å²) in [6.45, 7) is 2.10. The summed E-state index contributed by atoms with van der Waals surface area (Å²) < 4.78 is 10.6. The van der Waals surface area contributed by atoms with E-state index in [9.17, 15) is 4.79 Å². The van der Waals surface area contributed by atoms with E-state index in [4.69, 9.17) is 14.6 Å². The summed E-state index contributed by atoms with van der Waals surface area (Å²) in [5.41, 5.74) is 2.27. The van der Waals surface area contributed by atoms with Gasteiger partial charge in [-0.15, -0.1) is 0 Å². The SMILES string of the molecule is Cc1cc2c(cc1-c1ccnc(C(=O)O)n1)OCO2. The van der Waals surface area contributed by atoms with Crippen molar-refractivity contribution in [1.29, 1.82) is 0 Å². The molecule has 3 rings (SSSR count). The molecule has 1 aromatic carbocycles. The van der Waals surface area contributed by atoms with E-state index in [-0.39, 0.29) is 12.6 Å². The molecule has 0 saturated carbocycles. The van der Waals surface area contributed by atoms with Crippen LogP contribution in [0.3, 0.4) is 0 Å². The Morgan fingerprint density at radius 1 is 1.32 bits per heavy atom. The molecule has 1 aliphatic rings. The van der Waals surface area contributed by atoms with Crippen LogP contribution in [-0.2, 0) is 0 Å². The zero-order valence-electron chi connectivity index (χ0n) is 10.1. The van der Waals surface area contributed by atoms with Crippen LogP contribution in [0, 0.1) is 6.92 Å². The molecule has 1 N–H and O–H groups in total. The fourth-order valence-corrected chi connectivity index (χ4v) is 1.93. The number of benzene rings is 1. The molecular weight excluding hydrogens is 248 g/mol. The highest BCUT2D eigenvalue weighted by Gasteiger charge is 2.17. The Morgan fingerprint density at radius 3 is 2.79 bits per heavy atom. The predicted octanol–water partition coefficient (Wildman–Crippen LogP) is 1.88. The molecule has 0 bridgehead atoms. The first-order chi connectivity index (χ1) is 9.15. The Bertz CT molecular complexity index is 670. The second-order valence-electron chi connectivity index (χ2n) is 4.09. The highest BCUT2D eigenvalue weighted by Crippen LogP contribution is 2.37. The number of rotatable bonds is 2. The molecule has 0 aliphatic carbocycles. The molecule has 1 aliphatic heterocycles. The molecular formula is C13H10N2O4. The lowest BCUT2D eigenvalue weighted by Crippen LogP contribution is -2.04. The minimum absolute atomic E-state index is 0.197. The van der Waals surface area contributed by atoms with Gasteiger partial charge in [-0.2, -0.15) is 0 Å². The summed E-state index contributed by atoms with van der Waals surface area (Å²) in [7, 11) is 0. The lowest BCUT2D eigenvalue weighted by molar-refractivity contribution is 0.0683. The van der Waals surface area contributed by atoms with Gasteiger partial charge in [0.25, 0.3) is 0 Å². The maximum absolute atomic E-state index is 10.9. The van der Waals surface area contributed by atoms with Crippen LogP contribution in [0.5, 0.6) is 11.5 Å². The molecule has 6 nitrogen and oxygen atoms in total. The number of aryl methyl sites for hydroxylation is 1. The van der Waals surface area contributed by atoms with Crippen molar-refractivity contribution in [3.63, 3.8) is 0 Å². The molecule has 0 spiro atoms. The van der Waals surface area contributed by atoms with Gasteiger partial charge in [0.15, 0.2) is 11.5 Å². The lowest BCUT2D eigenvalue weighted by atomic mass is 10.0. The number of hydrogen-bond donors (Lipinski definition) is 1. The van der Waals surface area contributed by atoms with Gasteiger partial charge in [0.2, 0.25) is 12.6 Å². The Morgan fingerprint density at radius 2 is 2.05 bits per heavy atom. The Balaban J connectivity index is 2.12. The fourth-order valence-electron chi connectivity index (χ4n) is 1.93. The van der Waals surface area contributed by atoms with Crippen LogP contribution < -0.4 is 9.47 Å². The van der Waals surface area contributed by atoms with Gasteiger partial charge in [-0.05, 0) is 30.7 Å². The summed E-state index contributed by atoms with van der Waals surface area (Å²) in [5, 5.41) is 8.91. The van der Waals surface area contributed by atoms with Gasteiger partial charge in [0.05, 0.1) is 5.69 Å². The largest absolute Gasteiger partial charge is 0.475 e. The maximum atomic E-state index is 10.9. The first-order valence-electron chi connectivity index (χ1n) is 5.62. The smallest absolute Gasteiger partial charge is 0.373 e. The molecule has 0 saturated heterocycles. The van der Waals surface area contributed by atoms with Crippen molar-refractivity contribution < 1.29 is 19.4 Å². The normalized spacial score (nSPS) is 12.5. The molecule has 19 heavy (non-hydrogen) atoms. The van der Waals surface area contributed by atoms with E-state index in [1.807, 2.05) is 13.0 Å². The predicted molar refractivity (Wildman–Crippen MR) is 65.3 cm³/mol. The number of aromatic nitrogens is 2. The van der Waals surface area contributed by atoms with E-state index in [2.05, 4.69) is 9.97 Å². The molecule has 1 aromatic heterocycles. The Labute approximate surface area is 108 Å². The molecule has 0 atom stereocenters. The number of carbonyl (C=O) groups is 1. The molecule has 2 heterocycles. The topological polar surface area (TPSA) is 81.5 Å². The summed E-state index contributed by atoms with van der Waals surface area (Å²) in [4.78, 5) is 18.6. The minimum Gasteiger partial charge on any atom is -0.475 e. The molecule has 6 heteroatoms. The molecule has 2 aromatic rings. The van der Waals surface area contributed by atoms with E-state index in [1.54, 1.807) is 12.1 Å². The number of fused-ring (bicyclic) bond motifs is 1. The highest BCUT2D eigenvalue weighted by molar-refractivity contribution is 5.84. The number of ether oxygens (including phenoxy) is 2. The van der Waals surface area contributed by atoms with Crippen LogP contribution in [0.1, 0.15) is 16.2 Å². The monoisotopic (exact) mass is 258 g/mol. The third kappa shape index (κ3) is 1.97. The zero-order valence-corrected chi connectivity index (χ0v) is 10.1. The van der Waals surface area contributed by atoms with Crippen LogP contribution in [0.25, 0.3) is 11.3 Å². The van der Waals surface area contributed by atoms with Crippen LogP contribution >= 0.6 is 0 Å². The Kier molecular flexibility index (Phi) is 2.56. The molecule has 0 amide bonds. The summed E-state index contributed by atoms with van der Waals surface area (Å²) >= 11 is 0.